The molecule has 0 aliphatic carbocycles. The minimum absolute atomic E-state index is 0.0479. The molecule has 0 atom stereocenters. The van der Waals surface area contributed by atoms with Crippen LogP contribution in [0.25, 0.3) is 11.1 Å². The SMILES string of the molecule is COCCCn1cc(-c2ccc(CCO)c(F)c2)cn1. The molecule has 0 bridgehead atoms. The fraction of sp³-hybridized carbons (Fsp3) is 0.400. The average Bonchev–Trinajstić information content (AvgIpc) is 2.90. The summed E-state index contributed by atoms with van der Waals surface area (Å²) in [6, 6.07) is 5.05. The molecule has 20 heavy (non-hydrogen) atoms. The van der Waals surface area contributed by atoms with Gasteiger partial charge in [-0.3, -0.25) is 4.68 Å². The van der Waals surface area contributed by atoms with E-state index in [1.165, 1.54) is 6.07 Å². The van der Waals surface area contributed by atoms with Crippen molar-refractivity contribution in [3.05, 3.63) is 42.0 Å². The quantitative estimate of drug-likeness (QED) is 0.790. The number of aliphatic hydroxyl groups is 1. The largest absolute Gasteiger partial charge is 0.396 e. The van der Waals surface area contributed by atoms with E-state index >= 15 is 0 Å². The second kappa shape index (κ2) is 7.17. The second-order valence-electron chi connectivity index (χ2n) is 4.62. The molecule has 0 aliphatic heterocycles. The number of aliphatic hydroxyl groups excluding tert-OH is 1. The highest BCUT2D eigenvalue weighted by atomic mass is 19.1. The minimum atomic E-state index is -0.288. The third-order valence-electron chi connectivity index (χ3n) is 3.14. The number of hydrogen-bond donors (Lipinski definition) is 1. The molecule has 2 aromatic rings. The van der Waals surface area contributed by atoms with Gasteiger partial charge in [-0.25, -0.2) is 4.39 Å². The van der Waals surface area contributed by atoms with Crippen molar-refractivity contribution in [2.24, 2.45) is 0 Å². The lowest BCUT2D eigenvalue weighted by Gasteiger charge is -2.03. The normalized spacial score (nSPS) is 10.9. The van der Waals surface area contributed by atoms with E-state index in [-0.39, 0.29) is 12.4 Å². The standard InChI is InChI=1S/C15H19FN2O2/c1-20-8-2-6-18-11-14(10-17-18)13-4-3-12(5-7-19)15(16)9-13/h3-4,9-11,19H,2,5-8H2,1H3. The van der Waals surface area contributed by atoms with Crippen LogP contribution < -0.4 is 0 Å². The highest BCUT2D eigenvalue weighted by molar-refractivity contribution is 5.62. The molecule has 2 rings (SSSR count). The summed E-state index contributed by atoms with van der Waals surface area (Å²) >= 11 is 0. The maximum Gasteiger partial charge on any atom is 0.127 e. The van der Waals surface area contributed by atoms with Crippen molar-refractivity contribution in [2.75, 3.05) is 20.3 Å². The highest BCUT2D eigenvalue weighted by Crippen LogP contribution is 2.21. The molecular formula is C15H19FN2O2. The number of hydrogen-bond acceptors (Lipinski definition) is 3. The molecular weight excluding hydrogens is 259 g/mol. The summed E-state index contributed by atoms with van der Waals surface area (Å²) in [7, 11) is 1.67. The Bertz CT molecular complexity index is 555. The monoisotopic (exact) mass is 278 g/mol. The molecule has 1 heterocycles. The van der Waals surface area contributed by atoms with Crippen molar-refractivity contribution >= 4 is 0 Å². The van der Waals surface area contributed by atoms with Gasteiger partial charge in [0.1, 0.15) is 5.82 Å². The van der Waals surface area contributed by atoms with Crippen molar-refractivity contribution in [1.82, 2.24) is 9.78 Å². The van der Waals surface area contributed by atoms with Crippen LogP contribution in [0, 0.1) is 5.82 Å². The molecule has 0 amide bonds. The molecule has 0 saturated carbocycles. The van der Waals surface area contributed by atoms with Crippen molar-refractivity contribution in [1.29, 1.82) is 0 Å². The lowest BCUT2D eigenvalue weighted by atomic mass is 10.1. The molecule has 0 spiro atoms. The predicted molar refractivity (Wildman–Crippen MR) is 74.9 cm³/mol. The topological polar surface area (TPSA) is 47.3 Å². The highest BCUT2D eigenvalue weighted by Gasteiger charge is 2.06. The molecule has 0 aliphatic rings. The van der Waals surface area contributed by atoms with Crippen LogP contribution in [0.15, 0.2) is 30.6 Å². The summed E-state index contributed by atoms with van der Waals surface area (Å²) in [5.74, 6) is -0.288. The van der Waals surface area contributed by atoms with Gasteiger partial charge in [0.15, 0.2) is 0 Å². The molecule has 108 valence electrons. The van der Waals surface area contributed by atoms with Gasteiger partial charge in [-0.1, -0.05) is 12.1 Å². The van der Waals surface area contributed by atoms with Gasteiger partial charge >= 0.3 is 0 Å². The summed E-state index contributed by atoms with van der Waals surface area (Å²) in [5, 5.41) is 13.1. The first-order valence-electron chi connectivity index (χ1n) is 6.65. The van der Waals surface area contributed by atoms with Crippen molar-refractivity contribution in [3.63, 3.8) is 0 Å². The van der Waals surface area contributed by atoms with Gasteiger partial charge in [-0.05, 0) is 30.0 Å². The molecule has 0 unspecified atom stereocenters. The minimum Gasteiger partial charge on any atom is -0.396 e. The maximum atomic E-state index is 13.8. The van der Waals surface area contributed by atoms with Crippen LogP contribution in [0.5, 0.6) is 0 Å². The Morgan fingerprint density at radius 1 is 1.35 bits per heavy atom. The zero-order chi connectivity index (χ0) is 14.4. The van der Waals surface area contributed by atoms with E-state index in [0.717, 1.165) is 24.1 Å². The van der Waals surface area contributed by atoms with Crippen LogP contribution >= 0.6 is 0 Å². The van der Waals surface area contributed by atoms with Crippen molar-refractivity contribution in [3.8, 4) is 11.1 Å². The number of aryl methyl sites for hydroxylation is 1. The van der Waals surface area contributed by atoms with E-state index in [2.05, 4.69) is 5.10 Å². The number of rotatable bonds is 7. The molecule has 4 nitrogen and oxygen atoms in total. The fourth-order valence-electron chi connectivity index (χ4n) is 2.06. The first-order chi connectivity index (χ1) is 9.74. The van der Waals surface area contributed by atoms with E-state index in [1.54, 1.807) is 19.4 Å². The van der Waals surface area contributed by atoms with Gasteiger partial charge < -0.3 is 9.84 Å². The van der Waals surface area contributed by atoms with Gasteiger partial charge in [0.2, 0.25) is 0 Å². The summed E-state index contributed by atoms with van der Waals surface area (Å²) in [5.41, 5.74) is 2.21. The Kier molecular flexibility index (Phi) is 5.26. The van der Waals surface area contributed by atoms with E-state index in [9.17, 15) is 4.39 Å². The average molecular weight is 278 g/mol. The molecule has 0 radical (unpaired) electrons. The van der Waals surface area contributed by atoms with Gasteiger partial charge in [0, 0.05) is 38.6 Å². The van der Waals surface area contributed by atoms with Crippen molar-refractivity contribution in [2.45, 2.75) is 19.4 Å². The van der Waals surface area contributed by atoms with Crippen LogP contribution in [-0.2, 0) is 17.7 Å². The van der Waals surface area contributed by atoms with Gasteiger partial charge in [0.25, 0.3) is 0 Å². The van der Waals surface area contributed by atoms with Gasteiger partial charge in [-0.15, -0.1) is 0 Å². The van der Waals surface area contributed by atoms with Crippen LogP contribution in [0.4, 0.5) is 4.39 Å². The zero-order valence-corrected chi connectivity index (χ0v) is 11.6. The lowest BCUT2D eigenvalue weighted by Crippen LogP contribution is -2.01. The Hall–Kier alpha value is -1.72. The van der Waals surface area contributed by atoms with Gasteiger partial charge in [0.05, 0.1) is 6.20 Å². The molecule has 1 aromatic carbocycles. The summed E-state index contributed by atoms with van der Waals surface area (Å²) in [4.78, 5) is 0. The molecule has 0 fully saturated rings. The van der Waals surface area contributed by atoms with E-state index in [4.69, 9.17) is 9.84 Å². The Morgan fingerprint density at radius 3 is 2.90 bits per heavy atom. The molecule has 5 heteroatoms. The third kappa shape index (κ3) is 3.65. The first kappa shape index (κ1) is 14.7. The number of nitrogens with zero attached hydrogens (tertiary/aromatic N) is 2. The number of aromatic nitrogens is 2. The van der Waals surface area contributed by atoms with Gasteiger partial charge in [-0.2, -0.15) is 5.10 Å². The molecule has 0 saturated heterocycles. The smallest absolute Gasteiger partial charge is 0.127 e. The maximum absolute atomic E-state index is 13.8. The van der Waals surface area contributed by atoms with E-state index in [0.29, 0.717) is 18.6 Å². The number of ether oxygens (including phenoxy) is 1. The van der Waals surface area contributed by atoms with Crippen LogP contribution in [0.3, 0.4) is 0 Å². The third-order valence-corrected chi connectivity index (χ3v) is 3.14. The summed E-state index contributed by atoms with van der Waals surface area (Å²) in [6.45, 7) is 1.42. The Morgan fingerprint density at radius 2 is 2.20 bits per heavy atom. The number of halogens is 1. The Balaban J connectivity index is 2.09. The van der Waals surface area contributed by atoms with Crippen LogP contribution in [0.1, 0.15) is 12.0 Å². The summed E-state index contributed by atoms with van der Waals surface area (Å²) < 4.78 is 20.6. The van der Waals surface area contributed by atoms with E-state index < -0.39 is 0 Å². The Labute approximate surface area is 117 Å². The zero-order valence-electron chi connectivity index (χ0n) is 11.6. The second-order valence-corrected chi connectivity index (χ2v) is 4.62. The first-order valence-corrected chi connectivity index (χ1v) is 6.65. The van der Waals surface area contributed by atoms with Crippen molar-refractivity contribution < 1.29 is 14.2 Å². The lowest BCUT2D eigenvalue weighted by molar-refractivity contribution is 0.189. The number of benzene rings is 1. The van der Waals surface area contributed by atoms with E-state index in [1.807, 2.05) is 16.9 Å². The fourth-order valence-corrected chi connectivity index (χ4v) is 2.06. The predicted octanol–water partition coefficient (Wildman–Crippen LogP) is 2.26. The number of methoxy groups -OCH3 is 1. The van der Waals surface area contributed by atoms with Crippen LogP contribution in [0.2, 0.25) is 0 Å². The van der Waals surface area contributed by atoms with Crippen LogP contribution in [-0.4, -0.2) is 35.2 Å². The summed E-state index contributed by atoms with van der Waals surface area (Å²) in [6.07, 6.45) is 4.85. The molecule has 1 N–H and O–H groups in total. The molecule has 1 aromatic heterocycles.